The van der Waals surface area contributed by atoms with Gasteiger partial charge in [-0.25, -0.2) is 4.79 Å². The molecule has 0 aliphatic heterocycles. The van der Waals surface area contributed by atoms with Crippen LogP contribution in [0.4, 0.5) is 13.2 Å². The molecular weight excluding hydrogens is 499 g/mol. The van der Waals surface area contributed by atoms with Gasteiger partial charge in [0.1, 0.15) is 12.3 Å². The second-order valence-electron chi connectivity index (χ2n) is 8.40. The van der Waals surface area contributed by atoms with E-state index in [0.717, 1.165) is 29.3 Å². The Hall–Kier alpha value is -4.73. The molecule has 4 rings (SSSR count). The second kappa shape index (κ2) is 11.5. The molecule has 4 aromatic rings. The van der Waals surface area contributed by atoms with Crippen molar-refractivity contribution >= 4 is 18.0 Å². The molecule has 0 fully saturated rings. The number of carbonyl (C=O) groups is 2. The van der Waals surface area contributed by atoms with Crippen LogP contribution in [0.25, 0.3) is 17.2 Å². The van der Waals surface area contributed by atoms with Crippen LogP contribution < -0.4 is 0 Å². The molecule has 1 unspecified atom stereocenters. The largest absolute Gasteiger partial charge is 0.480 e. The fourth-order valence-electron chi connectivity index (χ4n) is 3.80. The van der Waals surface area contributed by atoms with E-state index in [4.69, 9.17) is 4.52 Å². The van der Waals surface area contributed by atoms with Crippen LogP contribution in [-0.2, 0) is 28.7 Å². The molecule has 38 heavy (non-hydrogen) atoms. The molecule has 7 nitrogen and oxygen atoms in total. The molecule has 1 amide bonds. The number of hydrogen-bond acceptors (Lipinski definition) is 5. The van der Waals surface area contributed by atoms with Crippen molar-refractivity contribution in [2.75, 3.05) is 0 Å². The van der Waals surface area contributed by atoms with Gasteiger partial charge >= 0.3 is 12.1 Å². The summed E-state index contributed by atoms with van der Waals surface area (Å²) in [6, 6.07) is 15.6. The van der Waals surface area contributed by atoms with Gasteiger partial charge in [0.25, 0.3) is 0 Å². The molecule has 0 aliphatic carbocycles. The van der Waals surface area contributed by atoms with Crippen LogP contribution in [-0.4, -0.2) is 38.1 Å². The van der Waals surface area contributed by atoms with Gasteiger partial charge in [0, 0.05) is 37.5 Å². The lowest BCUT2D eigenvalue weighted by atomic mass is 10.0. The first-order chi connectivity index (χ1) is 18.2. The minimum Gasteiger partial charge on any atom is -0.480 e. The molecule has 2 heterocycles. The van der Waals surface area contributed by atoms with Gasteiger partial charge < -0.3 is 14.5 Å². The summed E-state index contributed by atoms with van der Waals surface area (Å²) in [7, 11) is 0. The molecule has 2 aromatic carbocycles. The Balaban J connectivity index is 1.59. The number of halogens is 3. The number of amides is 1. The summed E-state index contributed by atoms with van der Waals surface area (Å²) >= 11 is 0. The molecule has 2 aromatic heterocycles. The van der Waals surface area contributed by atoms with Crippen molar-refractivity contribution in [2.24, 2.45) is 0 Å². The molecule has 0 radical (unpaired) electrons. The highest BCUT2D eigenvalue weighted by atomic mass is 19.4. The summed E-state index contributed by atoms with van der Waals surface area (Å²) in [4.78, 5) is 30.7. The van der Waals surface area contributed by atoms with E-state index in [9.17, 15) is 27.9 Å². The zero-order valence-electron chi connectivity index (χ0n) is 19.9. The normalized spacial score (nSPS) is 12.4. The lowest BCUT2D eigenvalue weighted by molar-refractivity contribution is -0.149. The smallest absolute Gasteiger partial charge is 0.416 e. The van der Waals surface area contributed by atoms with E-state index in [1.165, 1.54) is 35.4 Å². The highest BCUT2D eigenvalue weighted by Crippen LogP contribution is 2.29. The fourth-order valence-corrected chi connectivity index (χ4v) is 3.80. The SMILES string of the molecule is O=C(O)C(Cc1ccon1)N(Cc1ccc(-c2ccncc2)cc1)C(=O)/C=C/c1ccc(C(F)(F)F)cc1. The van der Waals surface area contributed by atoms with Gasteiger partial charge in [-0.1, -0.05) is 41.6 Å². The first-order valence-electron chi connectivity index (χ1n) is 11.5. The summed E-state index contributed by atoms with van der Waals surface area (Å²) in [5.41, 5.74) is 2.47. The van der Waals surface area contributed by atoms with Crippen LogP contribution in [0, 0.1) is 0 Å². The average Bonchev–Trinajstić information content (AvgIpc) is 3.43. The van der Waals surface area contributed by atoms with Gasteiger partial charge in [-0.05, 0) is 52.6 Å². The van der Waals surface area contributed by atoms with Crippen LogP contribution in [0.3, 0.4) is 0 Å². The number of carboxylic acid groups (broad SMARTS) is 1. The van der Waals surface area contributed by atoms with Crippen molar-refractivity contribution in [3.05, 3.63) is 114 Å². The Bertz CT molecular complexity index is 1390. The number of hydrogen-bond donors (Lipinski definition) is 1. The predicted octanol–water partition coefficient (Wildman–Crippen LogP) is 5.49. The summed E-state index contributed by atoms with van der Waals surface area (Å²) < 4.78 is 43.3. The van der Waals surface area contributed by atoms with Gasteiger partial charge in [0.15, 0.2) is 0 Å². The van der Waals surface area contributed by atoms with E-state index in [0.29, 0.717) is 16.8 Å². The number of rotatable bonds is 9. The maximum atomic E-state index is 13.3. The van der Waals surface area contributed by atoms with Crippen LogP contribution in [0.1, 0.15) is 22.4 Å². The fraction of sp³-hybridized carbons (Fsp3) is 0.143. The Kier molecular flexibility index (Phi) is 8.00. The summed E-state index contributed by atoms with van der Waals surface area (Å²) in [6.07, 6.45) is 2.58. The Morgan fingerprint density at radius 1 is 0.947 bits per heavy atom. The van der Waals surface area contributed by atoms with E-state index in [2.05, 4.69) is 10.1 Å². The van der Waals surface area contributed by atoms with Crippen molar-refractivity contribution in [3.8, 4) is 11.1 Å². The third-order valence-electron chi connectivity index (χ3n) is 5.81. The number of alkyl halides is 3. The highest BCUT2D eigenvalue weighted by molar-refractivity contribution is 5.94. The monoisotopic (exact) mass is 521 g/mol. The number of carboxylic acids is 1. The first-order valence-corrected chi connectivity index (χ1v) is 11.5. The van der Waals surface area contributed by atoms with Crippen LogP contribution >= 0.6 is 0 Å². The van der Waals surface area contributed by atoms with Crippen molar-refractivity contribution in [3.63, 3.8) is 0 Å². The second-order valence-corrected chi connectivity index (χ2v) is 8.40. The third-order valence-corrected chi connectivity index (χ3v) is 5.81. The average molecular weight is 521 g/mol. The van der Waals surface area contributed by atoms with E-state index >= 15 is 0 Å². The van der Waals surface area contributed by atoms with Crippen molar-refractivity contribution in [1.82, 2.24) is 15.0 Å². The van der Waals surface area contributed by atoms with E-state index in [-0.39, 0.29) is 13.0 Å². The number of carbonyl (C=O) groups excluding carboxylic acids is 1. The number of benzene rings is 2. The van der Waals surface area contributed by atoms with Gasteiger partial charge in [-0.3, -0.25) is 9.78 Å². The van der Waals surface area contributed by atoms with Crippen molar-refractivity contribution in [1.29, 1.82) is 0 Å². The maximum absolute atomic E-state index is 13.3. The summed E-state index contributed by atoms with van der Waals surface area (Å²) in [5.74, 6) is -1.86. The van der Waals surface area contributed by atoms with Crippen molar-refractivity contribution < 1.29 is 32.4 Å². The summed E-state index contributed by atoms with van der Waals surface area (Å²) in [5, 5.41) is 13.7. The molecule has 0 spiro atoms. The number of pyridine rings is 1. The highest BCUT2D eigenvalue weighted by Gasteiger charge is 2.31. The number of aromatic nitrogens is 2. The van der Waals surface area contributed by atoms with Crippen molar-refractivity contribution in [2.45, 2.75) is 25.2 Å². The Labute approximate surface area is 215 Å². The third kappa shape index (κ3) is 6.73. The lowest BCUT2D eigenvalue weighted by Gasteiger charge is -2.28. The predicted molar refractivity (Wildman–Crippen MR) is 132 cm³/mol. The molecule has 0 saturated carbocycles. The number of nitrogens with zero attached hydrogens (tertiary/aromatic N) is 3. The van der Waals surface area contributed by atoms with Gasteiger partial charge in [0.2, 0.25) is 5.91 Å². The van der Waals surface area contributed by atoms with E-state index in [1.54, 1.807) is 24.5 Å². The topological polar surface area (TPSA) is 96.5 Å². The van der Waals surface area contributed by atoms with Crippen LogP contribution in [0.15, 0.2) is 96.0 Å². The molecule has 0 aliphatic rings. The summed E-state index contributed by atoms with van der Waals surface area (Å²) in [6.45, 7) is -0.0262. The Morgan fingerprint density at radius 3 is 2.18 bits per heavy atom. The molecule has 0 bridgehead atoms. The minimum atomic E-state index is -4.47. The first kappa shape index (κ1) is 26.3. The molecule has 10 heteroatoms. The minimum absolute atomic E-state index is 0.0262. The zero-order valence-corrected chi connectivity index (χ0v) is 19.9. The Morgan fingerprint density at radius 2 is 1.61 bits per heavy atom. The zero-order chi connectivity index (χ0) is 27.1. The van der Waals surface area contributed by atoms with Crippen LogP contribution in [0.2, 0.25) is 0 Å². The van der Waals surface area contributed by atoms with Gasteiger partial charge in [0.05, 0.1) is 11.3 Å². The van der Waals surface area contributed by atoms with E-state index < -0.39 is 29.7 Å². The quantitative estimate of drug-likeness (QED) is 0.293. The van der Waals surface area contributed by atoms with Gasteiger partial charge in [-0.15, -0.1) is 0 Å². The number of aliphatic carboxylic acids is 1. The molecule has 1 atom stereocenters. The molecule has 1 N–H and O–H groups in total. The maximum Gasteiger partial charge on any atom is 0.416 e. The molecular formula is C28H22F3N3O4. The standard InChI is InChI=1S/C28H22F3N3O4/c29-28(30,31)23-8-3-19(4-9-23)5-10-26(35)34(25(27(36)37)17-24-13-16-38-33-24)18-20-1-6-21(7-2-20)22-11-14-32-15-12-22/h1-16,25H,17-18H2,(H,36,37)/b10-5+. The lowest BCUT2D eigenvalue weighted by Crippen LogP contribution is -2.45. The van der Waals surface area contributed by atoms with Crippen LogP contribution in [0.5, 0.6) is 0 Å². The van der Waals surface area contributed by atoms with Gasteiger partial charge in [-0.2, -0.15) is 13.2 Å². The van der Waals surface area contributed by atoms with E-state index in [1.807, 2.05) is 24.3 Å². The molecule has 0 saturated heterocycles. The molecule has 194 valence electrons.